The zero-order valence-corrected chi connectivity index (χ0v) is 10.9. The summed E-state index contributed by atoms with van der Waals surface area (Å²) in [5.41, 5.74) is 2.15. The van der Waals surface area contributed by atoms with Crippen LogP contribution in [0.5, 0.6) is 0 Å². The van der Waals surface area contributed by atoms with Gasteiger partial charge in [-0.2, -0.15) is 0 Å². The van der Waals surface area contributed by atoms with Crippen LogP contribution in [-0.4, -0.2) is 23.5 Å². The van der Waals surface area contributed by atoms with E-state index >= 15 is 0 Å². The van der Waals surface area contributed by atoms with Crippen LogP contribution in [0.4, 0.5) is 5.69 Å². The average molecular weight is 259 g/mol. The molecule has 4 nitrogen and oxygen atoms in total. The van der Waals surface area contributed by atoms with E-state index in [1.54, 1.807) is 4.90 Å². The highest BCUT2D eigenvalue weighted by atomic mass is 16.4. The first kappa shape index (κ1) is 12.2. The van der Waals surface area contributed by atoms with Gasteiger partial charge in [0, 0.05) is 12.2 Å². The third-order valence-electron chi connectivity index (χ3n) is 4.24. The number of carbonyl (C=O) groups excluding carboxylic acids is 1. The number of hydrogen-bond donors (Lipinski definition) is 1. The van der Waals surface area contributed by atoms with Crippen molar-refractivity contribution in [1.82, 2.24) is 0 Å². The lowest BCUT2D eigenvalue weighted by atomic mass is 9.91. The van der Waals surface area contributed by atoms with Crippen molar-refractivity contribution in [3.8, 4) is 0 Å². The highest BCUT2D eigenvalue weighted by Gasteiger charge is 2.50. The van der Waals surface area contributed by atoms with Crippen LogP contribution in [0, 0.1) is 11.8 Å². The lowest BCUT2D eigenvalue weighted by Crippen LogP contribution is -2.38. The fourth-order valence-corrected chi connectivity index (χ4v) is 2.92. The summed E-state index contributed by atoms with van der Waals surface area (Å²) in [5.74, 6) is -1.21. The highest BCUT2D eigenvalue weighted by molar-refractivity contribution is 6.01. The van der Waals surface area contributed by atoms with Crippen LogP contribution in [0.15, 0.2) is 24.3 Å². The monoisotopic (exact) mass is 259 g/mol. The van der Waals surface area contributed by atoms with Gasteiger partial charge in [-0.15, -0.1) is 0 Å². The van der Waals surface area contributed by atoms with E-state index in [9.17, 15) is 9.59 Å². The number of carbonyl (C=O) groups is 2. The molecule has 100 valence electrons. The minimum absolute atomic E-state index is 0.0215. The van der Waals surface area contributed by atoms with Gasteiger partial charge in [-0.05, 0) is 30.4 Å². The molecule has 0 bridgehead atoms. The van der Waals surface area contributed by atoms with Crippen LogP contribution in [0.2, 0.25) is 0 Å². The Morgan fingerprint density at radius 2 is 2.00 bits per heavy atom. The SMILES string of the molecule is CC1CCN(C(=O)C2CC2C(=O)O)c2ccccc21. The predicted molar refractivity (Wildman–Crippen MR) is 71.1 cm³/mol. The molecule has 0 spiro atoms. The molecule has 2 aliphatic rings. The summed E-state index contributed by atoms with van der Waals surface area (Å²) in [4.78, 5) is 25.1. The zero-order valence-electron chi connectivity index (χ0n) is 10.9. The smallest absolute Gasteiger partial charge is 0.307 e. The minimum atomic E-state index is -0.850. The van der Waals surface area contributed by atoms with Gasteiger partial charge in [0.05, 0.1) is 11.8 Å². The summed E-state index contributed by atoms with van der Waals surface area (Å²) < 4.78 is 0. The fourth-order valence-electron chi connectivity index (χ4n) is 2.92. The number of aliphatic carboxylic acids is 1. The van der Waals surface area contributed by atoms with Crippen LogP contribution in [0.3, 0.4) is 0 Å². The fraction of sp³-hybridized carbons (Fsp3) is 0.467. The van der Waals surface area contributed by atoms with Gasteiger partial charge in [0.15, 0.2) is 0 Å². The summed E-state index contributed by atoms with van der Waals surface area (Å²) in [5, 5.41) is 8.94. The van der Waals surface area contributed by atoms with E-state index in [1.165, 1.54) is 5.56 Å². The van der Waals surface area contributed by atoms with Gasteiger partial charge in [-0.25, -0.2) is 0 Å². The molecular weight excluding hydrogens is 242 g/mol. The molecule has 0 saturated heterocycles. The third-order valence-corrected chi connectivity index (χ3v) is 4.24. The van der Waals surface area contributed by atoms with E-state index < -0.39 is 11.9 Å². The molecule has 1 aromatic rings. The van der Waals surface area contributed by atoms with Crippen LogP contribution in [0.25, 0.3) is 0 Å². The van der Waals surface area contributed by atoms with Gasteiger partial charge in [0.1, 0.15) is 0 Å². The number of hydrogen-bond acceptors (Lipinski definition) is 2. The topological polar surface area (TPSA) is 57.6 Å². The summed E-state index contributed by atoms with van der Waals surface area (Å²) >= 11 is 0. The molecule has 4 heteroatoms. The summed E-state index contributed by atoms with van der Waals surface area (Å²) in [6, 6.07) is 7.93. The molecule has 1 fully saturated rings. The molecule has 1 aliphatic carbocycles. The number of fused-ring (bicyclic) bond motifs is 1. The van der Waals surface area contributed by atoms with Crippen molar-refractivity contribution in [2.24, 2.45) is 11.8 Å². The molecule has 3 atom stereocenters. The molecule has 1 aromatic carbocycles. The Bertz CT molecular complexity index is 540. The Morgan fingerprint density at radius 1 is 1.26 bits per heavy atom. The summed E-state index contributed by atoms with van der Waals surface area (Å²) in [6.07, 6.45) is 1.43. The van der Waals surface area contributed by atoms with E-state index in [-0.39, 0.29) is 11.8 Å². The van der Waals surface area contributed by atoms with Gasteiger partial charge in [-0.3, -0.25) is 9.59 Å². The van der Waals surface area contributed by atoms with E-state index in [0.717, 1.165) is 12.1 Å². The van der Waals surface area contributed by atoms with Crippen LogP contribution in [-0.2, 0) is 9.59 Å². The number of amides is 1. The molecule has 1 saturated carbocycles. The quantitative estimate of drug-likeness (QED) is 0.886. The highest BCUT2D eigenvalue weighted by Crippen LogP contribution is 2.43. The van der Waals surface area contributed by atoms with E-state index in [4.69, 9.17) is 5.11 Å². The predicted octanol–water partition coefficient (Wildman–Crippen LogP) is 2.25. The molecule has 1 N–H and O–H groups in total. The number of para-hydroxylation sites is 1. The van der Waals surface area contributed by atoms with Crippen molar-refractivity contribution in [2.45, 2.75) is 25.7 Å². The molecule has 1 aliphatic heterocycles. The number of carboxylic acid groups (broad SMARTS) is 1. The van der Waals surface area contributed by atoms with Crippen molar-refractivity contribution in [1.29, 1.82) is 0 Å². The Morgan fingerprint density at radius 3 is 2.68 bits per heavy atom. The first-order chi connectivity index (χ1) is 9.09. The average Bonchev–Trinajstić information content (AvgIpc) is 3.19. The Hall–Kier alpha value is -1.84. The molecule has 3 rings (SSSR count). The van der Waals surface area contributed by atoms with Crippen molar-refractivity contribution in [3.05, 3.63) is 29.8 Å². The largest absolute Gasteiger partial charge is 0.481 e. The Balaban J connectivity index is 1.85. The maximum atomic E-state index is 12.4. The number of rotatable bonds is 2. The third kappa shape index (κ3) is 2.01. The second-order valence-electron chi connectivity index (χ2n) is 5.53. The second-order valence-corrected chi connectivity index (χ2v) is 5.53. The Kier molecular flexibility index (Phi) is 2.81. The summed E-state index contributed by atoms with van der Waals surface area (Å²) in [6.45, 7) is 2.86. The first-order valence-electron chi connectivity index (χ1n) is 6.72. The maximum absolute atomic E-state index is 12.4. The second kappa shape index (κ2) is 4.37. The maximum Gasteiger partial charge on any atom is 0.307 e. The molecular formula is C15H17NO3. The van der Waals surface area contributed by atoms with Crippen molar-refractivity contribution in [2.75, 3.05) is 11.4 Å². The molecule has 0 radical (unpaired) electrons. The van der Waals surface area contributed by atoms with Crippen LogP contribution >= 0.6 is 0 Å². The van der Waals surface area contributed by atoms with Gasteiger partial charge >= 0.3 is 5.97 Å². The molecule has 3 unspecified atom stereocenters. The van der Waals surface area contributed by atoms with Gasteiger partial charge in [-0.1, -0.05) is 25.1 Å². The van der Waals surface area contributed by atoms with E-state index in [1.807, 2.05) is 18.2 Å². The standard InChI is InChI=1S/C15H17NO3/c1-9-6-7-16(13-5-3-2-4-10(9)13)14(17)11-8-12(11)15(18)19/h2-5,9,11-12H,6-8H2,1H3,(H,18,19). The first-order valence-corrected chi connectivity index (χ1v) is 6.72. The number of carboxylic acids is 1. The number of anilines is 1. The van der Waals surface area contributed by atoms with Crippen molar-refractivity contribution in [3.63, 3.8) is 0 Å². The molecule has 1 heterocycles. The van der Waals surface area contributed by atoms with E-state index in [0.29, 0.717) is 18.9 Å². The molecule has 0 aromatic heterocycles. The van der Waals surface area contributed by atoms with E-state index in [2.05, 4.69) is 13.0 Å². The molecule has 1 amide bonds. The van der Waals surface area contributed by atoms with Crippen molar-refractivity contribution >= 4 is 17.6 Å². The summed E-state index contributed by atoms with van der Waals surface area (Å²) in [7, 11) is 0. The van der Waals surface area contributed by atoms with Gasteiger partial charge in [0.25, 0.3) is 0 Å². The zero-order chi connectivity index (χ0) is 13.6. The van der Waals surface area contributed by atoms with Crippen LogP contribution in [0.1, 0.15) is 31.2 Å². The normalized spacial score (nSPS) is 28.7. The van der Waals surface area contributed by atoms with Gasteiger partial charge in [0.2, 0.25) is 5.91 Å². The van der Waals surface area contributed by atoms with Crippen molar-refractivity contribution < 1.29 is 14.7 Å². The Labute approximate surface area is 112 Å². The van der Waals surface area contributed by atoms with Crippen LogP contribution < -0.4 is 4.90 Å². The number of benzene rings is 1. The lowest BCUT2D eigenvalue weighted by Gasteiger charge is -2.33. The molecule has 19 heavy (non-hydrogen) atoms. The minimum Gasteiger partial charge on any atom is -0.481 e. The van der Waals surface area contributed by atoms with Gasteiger partial charge < -0.3 is 10.0 Å². The lowest BCUT2D eigenvalue weighted by molar-refractivity contribution is -0.140. The number of nitrogens with zero attached hydrogens (tertiary/aromatic N) is 1.